The van der Waals surface area contributed by atoms with Crippen LogP contribution in [0.2, 0.25) is 0 Å². The first-order chi connectivity index (χ1) is 10.8. The Bertz CT molecular complexity index is 442. The van der Waals surface area contributed by atoms with E-state index in [-0.39, 0.29) is 24.0 Å². The van der Waals surface area contributed by atoms with Crippen molar-refractivity contribution in [2.24, 2.45) is 4.99 Å². The van der Waals surface area contributed by atoms with Gasteiger partial charge in [-0.25, -0.2) is 0 Å². The van der Waals surface area contributed by atoms with Crippen LogP contribution in [-0.2, 0) is 11.3 Å². The first-order valence-corrected chi connectivity index (χ1v) is 7.95. The Morgan fingerprint density at radius 1 is 1.17 bits per heavy atom. The summed E-state index contributed by atoms with van der Waals surface area (Å²) in [5, 5.41) is 6.56. The summed E-state index contributed by atoms with van der Waals surface area (Å²) in [6.07, 6.45) is 3.19. The van der Waals surface area contributed by atoms with Gasteiger partial charge in [-0.2, -0.15) is 0 Å². The van der Waals surface area contributed by atoms with Crippen LogP contribution in [0.3, 0.4) is 0 Å². The van der Waals surface area contributed by atoms with E-state index in [0.717, 1.165) is 57.3 Å². The molecule has 0 fully saturated rings. The largest absolute Gasteiger partial charge is 0.494 e. The van der Waals surface area contributed by atoms with Crippen molar-refractivity contribution in [3.05, 3.63) is 29.8 Å². The quantitative estimate of drug-likeness (QED) is 0.257. The highest BCUT2D eigenvalue weighted by Gasteiger charge is 2.00. The van der Waals surface area contributed by atoms with E-state index in [2.05, 4.69) is 34.7 Å². The fourth-order valence-electron chi connectivity index (χ4n) is 1.91. The summed E-state index contributed by atoms with van der Waals surface area (Å²) in [4.78, 5) is 4.21. The fraction of sp³-hybridized carbons (Fsp3) is 0.588. The zero-order valence-corrected chi connectivity index (χ0v) is 16.8. The Labute approximate surface area is 157 Å². The average Bonchev–Trinajstić information content (AvgIpc) is 2.55. The van der Waals surface area contributed by atoms with Crippen LogP contribution in [0.4, 0.5) is 0 Å². The van der Waals surface area contributed by atoms with Gasteiger partial charge >= 0.3 is 0 Å². The number of ether oxygens (including phenoxy) is 2. The van der Waals surface area contributed by atoms with Crippen molar-refractivity contribution < 1.29 is 9.47 Å². The van der Waals surface area contributed by atoms with Crippen LogP contribution in [-0.4, -0.2) is 39.9 Å². The second kappa shape index (κ2) is 14.6. The molecule has 6 heteroatoms. The molecule has 1 aromatic rings. The first-order valence-electron chi connectivity index (χ1n) is 7.95. The molecule has 0 radical (unpaired) electrons. The Hall–Kier alpha value is -1.02. The molecule has 2 N–H and O–H groups in total. The van der Waals surface area contributed by atoms with Crippen molar-refractivity contribution in [1.29, 1.82) is 0 Å². The fourth-order valence-corrected chi connectivity index (χ4v) is 1.91. The molecule has 0 aromatic heterocycles. The zero-order valence-electron chi connectivity index (χ0n) is 14.4. The van der Waals surface area contributed by atoms with Crippen LogP contribution >= 0.6 is 24.0 Å². The summed E-state index contributed by atoms with van der Waals surface area (Å²) in [6.45, 7) is 5.24. The normalized spacial score (nSPS) is 10.8. The van der Waals surface area contributed by atoms with Gasteiger partial charge in [0.05, 0.1) is 6.61 Å². The van der Waals surface area contributed by atoms with Gasteiger partial charge in [0.1, 0.15) is 5.75 Å². The molecule has 132 valence electrons. The van der Waals surface area contributed by atoms with E-state index < -0.39 is 0 Å². The van der Waals surface area contributed by atoms with Gasteiger partial charge in [0.25, 0.3) is 0 Å². The molecule has 0 aliphatic heterocycles. The van der Waals surface area contributed by atoms with Crippen molar-refractivity contribution >= 4 is 29.9 Å². The number of rotatable bonds is 10. The van der Waals surface area contributed by atoms with Crippen molar-refractivity contribution in [2.45, 2.75) is 32.7 Å². The lowest BCUT2D eigenvalue weighted by Gasteiger charge is -2.12. The lowest BCUT2D eigenvalue weighted by Crippen LogP contribution is -2.37. The molecular formula is C17H30IN3O2. The zero-order chi connectivity index (χ0) is 16.0. The summed E-state index contributed by atoms with van der Waals surface area (Å²) in [5.74, 6) is 1.73. The summed E-state index contributed by atoms with van der Waals surface area (Å²) in [5.41, 5.74) is 1.17. The van der Waals surface area contributed by atoms with Gasteiger partial charge in [-0.1, -0.05) is 25.5 Å². The topological polar surface area (TPSA) is 54.9 Å². The standard InChI is InChI=1S/C17H29N3O2.HI/c1-4-5-12-22-16-9-6-8-15(13-16)14-20-17(18-2)19-10-7-11-21-3;/h6,8-9,13H,4-5,7,10-12,14H2,1-3H3,(H2,18,19,20);1H. The monoisotopic (exact) mass is 435 g/mol. The number of hydrogen-bond acceptors (Lipinski definition) is 3. The Morgan fingerprint density at radius 3 is 2.70 bits per heavy atom. The number of nitrogens with zero attached hydrogens (tertiary/aromatic N) is 1. The Morgan fingerprint density at radius 2 is 2.00 bits per heavy atom. The van der Waals surface area contributed by atoms with E-state index in [1.54, 1.807) is 14.2 Å². The molecule has 0 unspecified atom stereocenters. The lowest BCUT2D eigenvalue weighted by atomic mass is 10.2. The van der Waals surface area contributed by atoms with Crippen LogP contribution in [0.15, 0.2) is 29.3 Å². The number of guanidine groups is 1. The summed E-state index contributed by atoms with van der Waals surface area (Å²) < 4.78 is 10.8. The van der Waals surface area contributed by atoms with E-state index in [4.69, 9.17) is 9.47 Å². The number of unbranched alkanes of at least 4 members (excludes halogenated alkanes) is 1. The molecule has 0 aliphatic carbocycles. The number of hydrogen-bond donors (Lipinski definition) is 2. The molecule has 0 saturated carbocycles. The Kier molecular flexibility index (Phi) is 13.9. The van der Waals surface area contributed by atoms with E-state index >= 15 is 0 Å². The number of benzene rings is 1. The highest BCUT2D eigenvalue weighted by molar-refractivity contribution is 14.0. The molecule has 0 spiro atoms. The third-order valence-corrected chi connectivity index (χ3v) is 3.17. The maximum Gasteiger partial charge on any atom is 0.191 e. The molecular weight excluding hydrogens is 405 g/mol. The van der Waals surface area contributed by atoms with Crippen molar-refractivity contribution in [3.63, 3.8) is 0 Å². The lowest BCUT2D eigenvalue weighted by molar-refractivity contribution is 0.195. The molecule has 5 nitrogen and oxygen atoms in total. The summed E-state index contributed by atoms with van der Waals surface area (Å²) in [6, 6.07) is 8.17. The van der Waals surface area contributed by atoms with Crippen LogP contribution in [0.25, 0.3) is 0 Å². The molecule has 23 heavy (non-hydrogen) atoms. The molecule has 0 bridgehead atoms. The molecule has 0 aliphatic rings. The minimum absolute atomic E-state index is 0. The van der Waals surface area contributed by atoms with Crippen LogP contribution in [0.5, 0.6) is 5.75 Å². The predicted molar refractivity (Wildman–Crippen MR) is 107 cm³/mol. The Balaban J connectivity index is 0.00000484. The maximum absolute atomic E-state index is 5.72. The number of halogens is 1. The van der Waals surface area contributed by atoms with Gasteiger partial charge in [0.15, 0.2) is 5.96 Å². The maximum atomic E-state index is 5.72. The minimum atomic E-state index is 0. The van der Waals surface area contributed by atoms with E-state index in [1.807, 2.05) is 12.1 Å². The van der Waals surface area contributed by atoms with Gasteiger partial charge in [-0.3, -0.25) is 4.99 Å². The van der Waals surface area contributed by atoms with Gasteiger partial charge in [0, 0.05) is 33.9 Å². The highest BCUT2D eigenvalue weighted by atomic mass is 127. The van der Waals surface area contributed by atoms with Crippen molar-refractivity contribution in [3.8, 4) is 5.75 Å². The molecule has 0 amide bonds. The van der Waals surface area contributed by atoms with Crippen LogP contribution < -0.4 is 15.4 Å². The minimum Gasteiger partial charge on any atom is -0.494 e. The first kappa shape index (κ1) is 22.0. The summed E-state index contributed by atoms with van der Waals surface area (Å²) in [7, 11) is 3.48. The van der Waals surface area contributed by atoms with Crippen molar-refractivity contribution in [1.82, 2.24) is 10.6 Å². The second-order valence-corrected chi connectivity index (χ2v) is 5.05. The third kappa shape index (κ3) is 10.4. The van der Waals surface area contributed by atoms with Crippen molar-refractivity contribution in [2.75, 3.05) is 33.9 Å². The van der Waals surface area contributed by atoms with Crippen LogP contribution in [0, 0.1) is 0 Å². The van der Waals surface area contributed by atoms with E-state index in [1.165, 1.54) is 5.56 Å². The van der Waals surface area contributed by atoms with E-state index in [9.17, 15) is 0 Å². The number of methoxy groups -OCH3 is 1. The van der Waals surface area contributed by atoms with Gasteiger partial charge < -0.3 is 20.1 Å². The molecule has 0 saturated heterocycles. The molecule has 0 heterocycles. The third-order valence-electron chi connectivity index (χ3n) is 3.17. The van der Waals surface area contributed by atoms with Gasteiger partial charge in [-0.15, -0.1) is 24.0 Å². The van der Waals surface area contributed by atoms with Gasteiger partial charge in [0.2, 0.25) is 0 Å². The van der Waals surface area contributed by atoms with Crippen LogP contribution in [0.1, 0.15) is 31.7 Å². The van der Waals surface area contributed by atoms with E-state index in [0.29, 0.717) is 0 Å². The molecule has 1 aromatic carbocycles. The molecule has 1 rings (SSSR count). The highest BCUT2D eigenvalue weighted by Crippen LogP contribution is 2.13. The second-order valence-electron chi connectivity index (χ2n) is 5.05. The predicted octanol–water partition coefficient (Wildman–Crippen LogP) is 3.19. The smallest absolute Gasteiger partial charge is 0.191 e. The number of nitrogens with one attached hydrogen (secondary N) is 2. The summed E-state index contributed by atoms with van der Waals surface area (Å²) >= 11 is 0. The SMILES string of the molecule is CCCCOc1cccc(CNC(=NC)NCCCOC)c1.I. The number of aliphatic imine (C=N–C) groups is 1. The average molecular weight is 435 g/mol. The van der Waals surface area contributed by atoms with Gasteiger partial charge in [-0.05, 0) is 30.5 Å². The molecule has 0 atom stereocenters.